The molecule has 0 radical (unpaired) electrons. The topological polar surface area (TPSA) is 81.2 Å². The van der Waals surface area contributed by atoms with Gasteiger partial charge in [0.25, 0.3) is 0 Å². The van der Waals surface area contributed by atoms with Crippen molar-refractivity contribution >= 4 is 58.0 Å². The molecule has 1 aromatic heterocycles. The van der Waals surface area contributed by atoms with E-state index in [2.05, 4.69) is 4.90 Å². The van der Waals surface area contributed by atoms with Gasteiger partial charge in [-0.05, 0) is 111 Å². The van der Waals surface area contributed by atoms with Crippen LogP contribution in [0.25, 0.3) is 0 Å². The van der Waals surface area contributed by atoms with Gasteiger partial charge in [0.2, 0.25) is 11.8 Å². The molecule has 2 aromatic carbocycles. The van der Waals surface area contributed by atoms with E-state index in [9.17, 15) is 27.2 Å². The van der Waals surface area contributed by atoms with Crippen LogP contribution >= 0.6 is 34.5 Å². The van der Waals surface area contributed by atoms with Gasteiger partial charge < -0.3 is 19.8 Å². The molecule has 0 unspecified atom stereocenters. The molecular weight excluding hydrogens is 705 g/mol. The number of amides is 2. The van der Waals surface area contributed by atoms with Crippen molar-refractivity contribution in [2.24, 2.45) is 11.8 Å². The van der Waals surface area contributed by atoms with Crippen LogP contribution in [0.15, 0.2) is 60.0 Å². The molecule has 266 valence electrons. The van der Waals surface area contributed by atoms with Crippen molar-refractivity contribution in [1.29, 1.82) is 0 Å². The average molecular weight is 745 g/mol. The lowest BCUT2D eigenvalue weighted by molar-refractivity contribution is -0.192. The lowest BCUT2D eigenvalue weighted by Gasteiger charge is -2.35. The predicted molar refractivity (Wildman–Crippen MR) is 184 cm³/mol. The summed E-state index contributed by atoms with van der Waals surface area (Å²) in [5.74, 6) is -2.24. The molecule has 3 heterocycles. The average Bonchev–Trinajstić information content (AvgIpc) is 3.59. The Morgan fingerprint density at radius 2 is 1.57 bits per heavy atom. The second-order valence-corrected chi connectivity index (χ2v) is 14.1. The summed E-state index contributed by atoms with van der Waals surface area (Å²) in [5, 5.41) is 10.0. The maximum Gasteiger partial charge on any atom is 0.490 e. The van der Waals surface area contributed by atoms with Gasteiger partial charge in [0, 0.05) is 36.1 Å². The highest BCUT2D eigenvalue weighted by molar-refractivity contribution is 7.10. The molecule has 0 atom stereocenters. The number of thiophene rings is 1. The third-order valence-electron chi connectivity index (χ3n) is 8.83. The molecule has 0 saturated carbocycles. The van der Waals surface area contributed by atoms with Gasteiger partial charge in [0.05, 0.1) is 16.5 Å². The smallest absolute Gasteiger partial charge is 0.475 e. The van der Waals surface area contributed by atoms with Crippen LogP contribution in [-0.2, 0) is 27.2 Å². The van der Waals surface area contributed by atoms with Gasteiger partial charge in [-0.15, -0.1) is 11.3 Å². The van der Waals surface area contributed by atoms with E-state index in [1.165, 1.54) is 5.56 Å². The summed E-state index contributed by atoms with van der Waals surface area (Å²) in [6, 6.07) is 16.2. The Bertz CT molecular complexity index is 1530. The molecule has 7 nitrogen and oxygen atoms in total. The summed E-state index contributed by atoms with van der Waals surface area (Å²) >= 11 is 14.1. The van der Waals surface area contributed by atoms with E-state index >= 15 is 0 Å². The lowest BCUT2D eigenvalue weighted by atomic mass is 9.90. The zero-order valence-electron chi connectivity index (χ0n) is 26.8. The van der Waals surface area contributed by atoms with Gasteiger partial charge >= 0.3 is 12.1 Å². The van der Waals surface area contributed by atoms with E-state index in [-0.39, 0.29) is 23.5 Å². The van der Waals surface area contributed by atoms with Crippen LogP contribution in [0.1, 0.15) is 42.5 Å². The molecule has 0 aliphatic carbocycles. The van der Waals surface area contributed by atoms with E-state index in [0.717, 1.165) is 55.9 Å². The fourth-order valence-corrected chi connectivity index (χ4v) is 7.10. The van der Waals surface area contributed by atoms with Crippen molar-refractivity contribution in [3.63, 3.8) is 0 Å². The molecule has 1 N–H and O–H groups in total. The first-order chi connectivity index (χ1) is 23.3. The fourth-order valence-electron chi connectivity index (χ4n) is 6.11. The number of hydrogen-bond acceptors (Lipinski definition) is 5. The first kappa shape index (κ1) is 38.6. The van der Waals surface area contributed by atoms with Crippen molar-refractivity contribution in [1.82, 2.24) is 9.80 Å². The monoisotopic (exact) mass is 743 g/mol. The van der Waals surface area contributed by atoms with Gasteiger partial charge in [-0.1, -0.05) is 41.4 Å². The number of rotatable bonds is 10. The minimum absolute atomic E-state index is 0.0942. The number of carboxylic acid groups (broad SMARTS) is 1. The highest BCUT2D eigenvalue weighted by atomic mass is 35.5. The number of halogens is 6. The van der Waals surface area contributed by atoms with Gasteiger partial charge in [0.15, 0.2) is 0 Å². The molecule has 2 saturated heterocycles. The van der Waals surface area contributed by atoms with Crippen molar-refractivity contribution < 1.29 is 37.1 Å². The quantitative estimate of drug-likeness (QED) is 0.213. The Morgan fingerprint density at radius 1 is 0.918 bits per heavy atom. The largest absolute Gasteiger partial charge is 0.490 e. The van der Waals surface area contributed by atoms with Crippen LogP contribution in [0.3, 0.4) is 0 Å². The number of hydrogen-bond donors (Lipinski definition) is 1. The highest BCUT2D eigenvalue weighted by Gasteiger charge is 2.38. The standard InChI is InChI=1S/C33H38Cl2FN3O2S.C2HF3O2/c34-30-9-8-28(22-31(30)35)39(33(41)26-12-18-38(19-13-26)32(40)23-29-3-1-20-42-29)15-2-14-37-16-10-25(11-17-37)21-24-4-6-27(36)7-5-24;3-2(4,5)1(6)7/h1,3-9,20,22,25-26H,2,10-19,21,23H2;(H,6,7). The molecule has 14 heteroatoms. The number of aliphatic carboxylic acids is 1. The van der Waals surface area contributed by atoms with Crippen molar-refractivity contribution in [2.75, 3.05) is 44.2 Å². The van der Waals surface area contributed by atoms with Crippen LogP contribution in [0.5, 0.6) is 0 Å². The van der Waals surface area contributed by atoms with Crippen LogP contribution in [-0.4, -0.2) is 78.1 Å². The zero-order chi connectivity index (χ0) is 35.6. The second-order valence-electron chi connectivity index (χ2n) is 12.3. The lowest BCUT2D eigenvalue weighted by Crippen LogP contribution is -2.45. The van der Waals surface area contributed by atoms with Crippen LogP contribution < -0.4 is 4.90 Å². The molecule has 2 aliphatic rings. The Labute approximate surface area is 297 Å². The van der Waals surface area contributed by atoms with Gasteiger partial charge in [-0.25, -0.2) is 9.18 Å². The number of piperidine rings is 2. The summed E-state index contributed by atoms with van der Waals surface area (Å²) < 4.78 is 45.0. The van der Waals surface area contributed by atoms with Crippen molar-refractivity contribution in [2.45, 2.75) is 51.1 Å². The number of alkyl halides is 3. The number of carbonyl (C=O) groups is 3. The summed E-state index contributed by atoms with van der Waals surface area (Å²) in [6.07, 6.45) is 0.754. The summed E-state index contributed by atoms with van der Waals surface area (Å²) in [4.78, 5) is 42.8. The Balaban J connectivity index is 0.000000698. The first-order valence-corrected chi connectivity index (χ1v) is 17.8. The number of likely N-dealkylation sites (tertiary alicyclic amines) is 2. The minimum Gasteiger partial charge on any atom is -0.475 e. The summed E-state index contributed by atoms with van der Waals surface area (Å²) in [5.41, 5.74) is 1.96. The van der Waals surface area contributed by atoms with E-state index in [1.807, 2.05) is 45.5 Å². The Hall–Kier alpha value is -3.19. The van der Waals surface area contributed by atoms with Gasteiger partial charge in [-0.3, -0.25) is 9.59 Å². The predicted octanol–water partition coefficient (Wildman–Crippen LogP) is 7.99. The van der Waals surface area contributed by atoms with Gasteiger partial charge in [0.1, 0.15) is 5.82 Å². The normalized spacial score (nSPS) is 16.2. The Morgan fingerprint density at radius 3 is 2.14 bits per heavy atom. The van der Waals surface area contributed by atoms with Crippen molar-refractivity contribution in [3.05, 3.63) is 86.3 Å². The highest BCUT2D eigenvalue weighted by Crippen LogP contribution is 2.30. The third-order valence-corrected chi connectivity index (χ3v) is 10.4. The summed E-state index contributed by atoms with van der Waals surface area (Å²) in [6.45, 7) is 4.79. The zero-order valence-corrected chi connectivity index (χ0v) is 29.1. The van der Waals surface area contributed by atoms with Crippen LogP contribution in [0, 0.1) is 17.7 Å². The van der Waals surface area contributed by atoms with Crippen LogP contribution in [0.2, 0.25) is 10.0 Å². The molecule has 0 spiro atoms. The fraction of sp³-hybridized carbons (Fsp3) is 0.457. The molecule has 2 amide bonds. The second kappa shape index (κ2) is 18.2. The van der Waals surface area contributed by atoms with E-state index in [0.29, 0.717) is 54.9 Å². The number of benzene rings is 2. The molecule has 5 rings (SSSR count). The van der Waals surface area contributed by atoms with E-state index in [4.69, 9.17) is 33.1 Å². The molecular formula is C35H39Cl2F4N3O4S. The number of nitrogens with zero attached hydrogens (tertiary/aromatic N) is 3. The minimum atomic E-state index is -5.08. The first-order valence-electron chi connectivity index (χ1n) is 16.1. The number of carbonyl (C=O) groups excluding carboxylic acids is 2. The molecule has 2 fully saturated rings. The van der Waals surface area contributed by atoms with E-state index < -0.39 is 12.1 Å². The summed E-state index contributed by atoms with van der Waals surface area (Å²) in [7, 11) is 0. The number of anilines is 1. The Kier molecular flexibility index (Phi) is 14.3. The van der Waals surface area contributed by atoms with E-state index in [1.54, 1.807) is 35.6 Å². The maximum atomic E-state index is 13.9. The molecule has 49 heavy (non-hydrogen) atoms. The SMILES string of the molecule is O=C(Cc1cccs1)N1CCC(C(=O)N(CCCN2CCC(Cc3ccc(F)cc3)CC2)c2ccc(Cl)c(Cl)c2)CC1.O=C(O)C(F)(F)F. The molecule has 0 bridgehead atoms. The maximum absolute atomic E-state index is 13.9. The third kappa shape index (κ3) is 12.0. The van der Waals surface area contributed by atoms with Crippen molar-refractivity contribution in [3.8, 4) is 0 Å². The van der Waals surface area contributed by atoms with Crippen LogP contribution in [0.4, 0.5) is 23.2 Å². The number of carboxylic acids is 1. The van der Waals surface area contributed by atoms with Gasteiger partial charge in [-0.2, -0.15) is 13.2 Å². The molecule has 2 aliphatic heterocycles. The molecule has 3 aromatic rings.